The standard InChI is InChI=1S/C15H19N3O2.C13H8Cl3F2NOS/c19-11-17-9-12-4-5-14(8-13(12)10-17)18-7-3-1-2-6-16-15(18)20;1-6-9(5-10(13(16,17)18)19-12(6)20)21-11-7(14)3-2-4-8(11)15/h4-5,8,11H,1-3,6-7,9-10H2,(H,16,20);2-5H,1H3,(H,19,20). The molecule has 0 spiro atoms. The fourth-order valence-electron chi connectivity index (χ4n) is 4.41. The fraction of sp³-hybridized carbons (Fsp3) is 0.321. The summed E-state index contributed by atoms with van der Waals surface area (Å²) in [5.41, 5.74) is 2.21. The van der Waals surface area contributed by atoms with E-state index in [0.29, 0.717) is 32.9 Å². The molecule has 2 aliphatic heterocycles. The molecule has 3 aromatic rings. The Morgan fingerprint density at radius 2 is 1.71 bits per heavy atom. The Morgan fingerprint density at radius 1 is 1.00 bits per heavy atom. The number of hydrogen-bond acceptors (Lipinski definition) is 4. The largest absolute Gasteiger partial charge is 0.362 e. The van der Waals surface area contributed by atoms with Gasteiger partial charge in [-0.05, 0) is 79.2 Å². The third-order valence-electron chi connectivity index (χ3n) is 6.65. The average Bonchev–Trinajstić information content (AvgIpc) is 3.33. The van der Waals surface area contributed by atoms with Crippen molar-refractivity contribution >= 4 is 64.7 Å². The number of aromatic amines is 1. The summed E-state index contributed by atoms with van der Waals surface area (Å²) in [4.78, 5) is 41.1. The van der Waals surface area contributed by atoms with Crippen molar-refractivity contribution in [2.45, 2.75) is 54.4 Å². The second-order valence-corrected chi connectivity index (χ2v) is 11.9. The topological polar surface area (TPSA) is 85.5 Å². The van der Waals surface area contributed by atoms with Gasteiger partial charge in [0.2, 0.25) is 6.41 Å². The monoisotopic (exact) mass is 642 g/mol. The molecule has 0 unspecified atom stereocenters. The molecule has 0 aliphatic carbocycles. The number of amides is 3. The van der Waals surface area contributed by atoms with Crippen LogP contribution in [-0.2, 0) is 23.3 Å². The predicted molar refractivity (Wildman–Crippen MR) is 158 cm³/mol. The van der Waals surface area contributed by atoms with E-state index >= 15 is 0 Å². The second kappa shape index (κ2) is 13.5. The third kappa shape index (κ3) is 7.74. The highest BCUT2D eigenvalue weighted by Crippen LogP contribution is 2.41. The van der Waals surface area contributed by atoms with Crippen LogP contribution in [0.3, 0.4) is 0 Å². The number of carbonyl (C=O) groups is 2. The maximum atomic E-state index is 13.2. The Hall–Kier alpha value is -2.79. The van der Waals surface area contributed by atoms with E-state index in [1.807, 2.05) is 23.1 Å². The minimum Gasteiger partial charge on any atom is -0.338 e. The number of benzene rings is 2. The molecule has 1 fully saturated rings. The number of urea groups is 1. The van der Waals surface area contributed by atoms with Crippen LogP contribution in [0, 0.1) is 6.92 Å². The van der Waals surface area contributed by atoms with Crippen LogP contribution in [0.4, 0.5) is 19.3 Å². The van der Waals surface area contributed by atoms with Gasteiger partial charge in [-0.1, -0.05) is 47.1 Å². The molecule has 3 heterocycles. The summed E-state index contributed by atoms with van der Waals surface area (Å²) in [6.45, 7) is 4.33. The molecule has 2 N–H and O–H groups in total. The Morgan fingerprint density at radius 3 is 2.39 bits per heavy atom. The Balaban J connectivity index is 0.000000189. The molecule has 41 heavy (non-hydrogen) atoms. The minimum atomic E-state index is -3.66. The van der Waals surface area contributed by atoms with Gasteiger partial charge in [-0.25, -0.2) is 4.79 Å². The van der Waals surface area contributed by atoms with Gasteiger partial charge in [0, 0.05) is 47.2 Å². The quantitative estimate of drug-likeness (QED) is 0.226. The van der Waals surface area contributed by atoms with Crippen LogP contribution in [0.25, 0.3) is 0 Å². The lowest BCUT2D eigenvalue weighted by Crippen LogP contribution is -2.42. The highest BCUT2D eigenvalue weighted by atomic mass is 35.5. The Bertz CT molecular complexity index is 1480. The van der Waals surface area contributed by atoms with Crippen molar-refractivity contribution in [3.63, 3.8) is 0 Å². The van der Waals surface area contributed by atoms with Crippen molar-refractivity contribution in [1.29, 1.82) is 0 Å². The SMILES string of the molecule is Cc1c(Sc2c(Cl)cccc2Cl)cc(C(F)(F)Cl)[nH]c1=O.O=CN1Cc2ccc(N3CCCCCNC3=O)cc2C1. The van der Waals surface area contributed by atoms with Gasteiger partial charge in [0.1, 0.15) is 5.69 Å². The Labute approximate surface area is 255 Å². The number of anilines is 1. The number of carbonyl (C=O) groups excluding carboxylic acids is 2. The summed E-state index contributed by atoms with van der Waals surface area (Å²) in [5.74, 6) is 0. The number of alkyl halides is 3. The van der Waals surface area contributed by atoms with Crippen LogP contribution in [0.15, 0.2) is 57.1 Å². The molecule has 13 heteroatoms. The van der Waals surface area contributed by atoms with Gasteiger partial charge in [-0.2, -0.15) is 8.78 Å². The van der Waals surface area contributed by atoms with Crippen molar-refractivity contribution in [2.75, 3.05) is 18.0 Å². The molecular formula is C28H27Cl3F2N4O3S. The molecule has 0 bridgehead atoms. The summed E-state index contributed by atoms with van der Waals surface area (Å²) in [6, 6.07) is 12.1. The first kappa shape index (κ1) is 31.2. The molecule has 1 saturated heterocycles. The molecule has 1 aromatic heterocycles. The third-order valence-corrected chi connectivity index (χ3v) is 8.99. The van der Waals surface area contributed by atoms with Crippen molar-refractivity contribution in [3.05, 3.63) is 85.2 Å². The van der Waals surface area contributed by atoms with E-state index in [-0.39, 0.29) is 11.6 Å². The van der Waals surface area contributed by atoms with E-state index in [4.69, 9.17) is 34.8 Å². The molecule has 2 aromatic carbocycles. The normalized spacial score (nSPS) is 15.3. The van der Waals surface area contributed by atoms with Crippen LogP contribution in [0.2, 0.25) is 10.0 Å². The molecular weight excluding hydrogens is 617 g/mol. The number of halogens is 5. The number of hydrogen-bond donors (Lipinski definition) is 2. The van der Waals surface area contributed by atoms with E-state index < -0.39 is 16.6 Å². The molecule has 0 saturated carbocycles. The summed E-state index contributed by atoms with van der Waals surface area (Å²) in [7, 11) is 0. The lowest BCUT2D eigenvalue weighted by Gasteiger charge is -2.25. The number of rotatable bonds is 5. The van der Waals surface area contributed by atoms with Crippen LogP contribution >= 0.6 is 46.6 Å². The average molecular weight is 644 g/mol. The number of nitrogens with one attached hydrogen (secondary N) is 2. The van der Waals surface area contributed by atoms with E-state index in [2.05, 4.69) is 10.3 Å². The molecule has 2 aliphatic rings. The van der Waals surface area contributed by atoms with Gasteiger partial charge in [0.05, 0.1) is 10.0 Å². The molecule has 3 amide bonds. The van der Waals surface area contributed by atoms with Crippen LogP contribution in [0.5, 0.6) is 0 Å². The minimum absolute atomic E-state index is 0.0186. The first-order valence-electron chi connectivity index (χ1n) is 12.8. The second-order valence-electron chi connectivity index (χ2n) is 9.56. The lowest BCUT2D eigenvalue weighted by molar-refractivity contribution is -0.118. The summed E-state index contributed by atoms with van der Waals surface area (Å²) in [5, 5.41) is 0.0149. The van der Waals surface area contributed by atoms with E-state index in [9.17, 15) is 23.2 Å². The van der Waals surface area contributed by atoms with Gasteiger partial charge in [0.25, 0.3) is 5.56 Å². The van der Waals surface area contributed by atoms with E-state index in [1.54, 1.807) is 23.1 Å². The van der Waals surface area contributed by atoms with Crippen molar-refractivity contribution < 1.29 is 18.4 Å². The summed E-state index contributed by atoms with van der Waals surface area (Å²) >= 11 is 18.1. The zero-order chi connectivity index (χ0) is 29.7. The number of H-pyrrole nitrogens is 1. The maximum Gasteiger partial charge on any atom is 0.362 e. The number of pyridine rings is 1. The van der Waals surface area contributed by atoms with Gasteiger partial charge in [-0.3, -0.25) is 14.5 Å². The van der Waals surface area contributed by atoms with Crippen LogP contribution < -0.4 is 15.8 Å². The first-order valence-corrected chi connectivity index (χ1v) is 14.7. The molecule has 0 atom stereocenters. The van der Waals surface area contributed by atoms with Crippen molar-refractivity contribution in [3.8, 4) is 0 Å². The highest BCUT2D eigenvalue weighted by Gasteiger charge is 2.30. The highest BCUT2D eigenvalue weighted by molar-refractivity contribution is 7.99. The molecule has 5 rings (SSSR count). The van der Waals surface area contributed by atoms with E-state index in [1.165, 1.54) is 12.5 Å². The molecule has 7 nitrogen and oxygen atoms in total. The van der Waals surface area contributed by atoms with Crippen molar-refractivity contribution in [1.82, 2.24) is 15.2 Å². The van der Waals surface area contributed by atoms with Crippen molar-refractivity contribution in [2.24, 2.45) is 0 Å². The number of aromatic nitrogens is 1. The fourth-order valence-corrected chi connectivity index (χ4v) is 6.12. The van der Waals surface area contributed by atoms with Gasteiger partial charge in [0.15, 0.2) is 0 Å². The molecule has 0 radical (unpaired) electrons. The first-order chi connectivity index (χ1) is 19.5. The summed E-state index contributed by atoms with van der Waals surface area (Å²) < 4.78 is 26.4. The number of nitrogens with zero attached hydrogens (tertiary/aromatic N) is 2. The van der Waals surface area contributed by atoms with Crippen LogP contribution in [0.1, 0.15) is 41.6 Å². The zero-order valence-electron chi connectivity index (χ0n) is 22.0. The lowest BCUT2D eigenvalue weighted by atomic mass is 10.1. The van der Waals surface area contributed by atoms with E-state index in [0.717, 1.165) is 67.8 Å². The Kier molecular flexibility index (Phi) is 10.2. The maximum absolute atomic E-state index is 13.2. The smallest absolute Gasteiger partial charge is 0.338 e. The van der Waals surface area contributed by atoms with Gasteiger partial charge < -0.3 is 15.2 Å². The van der Waals surface area contributed by atoms with Gasteiger partial charge >= 0.3 is 11.4 Å². The molecule has 218 valence electrons. The predicted octanol–water partition coefficient (Wildman–Crippen LogP) is 7.29. The van der Waals surface area contributed by atoms with Gasteiger partial charge in [-0.15, -0.1) is 0 Å². The van der Waals surface area contributed by atoms with Crippen LogP contribution in [-0.4, -0.2) is 35.4 Å². The zero-order valence-corrected chi connectivity index (χ0v) is 25.1. The summed E-state index contributed by atoms with van der Waals surface area (Å²) in [6.07, 6.45) is 4.10. The number of fused-ring (bicyclic) bond motifs is 1.